The van der Waals surface area contributed by atoms with E-state index < -0.39 is 23.7 Å². The fraction of sp³-hybridized carbons (Fsp3) is 0.185. The van der Waals surface area contributed by atoms with Gasteiger partial charge in [-0.3, -0.25) is 4.79 Å². The summed E-state index contributed by atoms with van der Waals surface area (Å²) < 4.78 is 23.5. The lowest BCUT2D eigenvalue weighted by atomic mass is 9.75. The highest BCUT2D eigenvalue weighted by atomic mass is 79.9. The Bertz CT molecular complexity index is 1310. The number of amides is 1. The zero-order valence-corrected chi connectivity index (χ0v) is 20.5. The van der Waals surface area contributed by atoms with E-state index >= 15 is 0 Å². The lowest BCUT2D eigenvalue weighted by Crippen LogP contribution is -2.52. The summed E-state index contributed by atoms with van der Waals surface area (Å²) in [5, 5.41) is 0. The predicted molar refractivity (Wildman–Crippen MR) is 133 cm³/mol. The molecule has 2 unspecified atom stereocenters. The molecule has 178 valence electrons. The normalized spacial score (nSPS) is 19.1. The van der Waals surface area contributed by atoms with Gasteiger partial charge < -0.3 is 18.9 Å². The number of carbonyl (C=O) groups is 2. The van der Waals surface area contributed by atoms with Crippen LogP contribution in [-0.2, 0) is 26.3 Å². The first-order chi connectivity index (χ1) is 17.0. The number of ether oxygens (including phenoxy) is 4. The van der Waals surface area contributed by atoms with E-state index in [1.54, 1.807) is 36.4 Å². The highest BCUT2D eigenvalue weighted by Crippen LogP contribution is 2.59. The van der Waals surface area contributed by atoms with Crippen LogP contribution in [0.3, 0.4) is 0 Å². The summed E-state index contributed by atoms with van der Waals surface area (Å²) in [5.41, 5.74) is 1.19. The minimum absolute atomic E-state index is 0.0114. The van der Waals surface area contributed by atoms with Crippen molar-refractivity contribution in [3.8, 4) is 11.5 Å². The number of esters is 1. The van der Waals surface area contributed by atoms with Crippen molar-refractivity contribution in [2.45, 2.75) is 18.2 Å². The Morgan fingerprint density at radius 1 is 1.11 bits per heavy atom. The highest BCUT2D eigenvalue weighted by Gasteiger charge is 2.67. The monoisotopic (exact) mass is 535 g/mol. The van der Waals surface area contributed by atoms with Gasteiger partial charge >= 0.3 is 12.1 Å². The summed E-state index contributed by atoms with van der Waals surface area (Å²) in [6.45, 7) is 3.97. The smallest absolute Gasteiger partial charge is 0.417 e. The number of nitrogens with zero attached hydrogens (tertiary/aromatic N) is 1. The zero-order valence-electron chi connectivity index (χ0n) is 18.9. The van der Waals surface area contributed by atoms with E-state index in [-0.39, 0.29) is 6.61 Å². The fourth-order valence-electron chi connectivity index (χ4n) is 4.68. The van der Waals surface area contributed by atoms with Crippen LogP contribution in [0.15, 0.2) is 83.9 Å². The minimum atomic E-state index is -1.43. The molecule has 1 amide bonds. The van der Waals surface area contributed by atoms with E-state index in [0.717, 1.165) is 5.56 Å². The number of hydrogen-bond donors (Lipinski definition) is 0. The van der Waals surface area contributed by atoms with Crippen LogP contribution < -0.4 is 14.4 Å². The maximum absolute atomic E-state index is 13.6. The molecule has 3 aromatic rings. The zero-order chi connectivity index (χ0) is 24.6. The first-order valence-corrected chi connectivity index (χ1v) is 11.7. The second-order valence-corrected chi connectivity index (χ2v) is 8.93. The van der Waals surface area contributed by atoms with Crippen molar-refractivity contribution in [2.24, 2.45) is 0 Å². The van der Waals surface area contributed by atoms with Gasteiger partial charge in [0.15, 0.2) is 5.41 Å². The van der Waals surface area contributed by atoms with Crippen LogP contribution in [0, 0.1) is 0 Å². The van der Waals surface area contributed by atoms with Crippen LogP contribution in [0.5, 0.6) is 11.5 Å². The van der Waals surface area contributed by atoms with Gasteiger partial charge in [-0.05, 0) is 45.8 Å². The van der Waals surface area contributed by atoms with Gasteiger partial charge in [-0.1, -0.05) is 55.1 Å². The number of anilines is 1. The molecule has 0 bridgehead atoms. The molecule has 5 rings (SSSR count). The van der Waals surface area contributed by atoms with E-state index in [1.165, 1.54) is 18.1 Å². The van der Waals surface area contributed by atoms with Crippen LogP contribution in [0.4, 0.5) is 10.5 Å². The number of halogens is 1. The third-order valence-corrected chi connectivity index (χ3v) is 6.79. The number of benzene rings is 3. The fourth-order valence-corrected chi connectivity index (χ4v) is 5.24. The van der Waals surface area contributed by atoms with Gasteiger partial charge in [0, 0.05) is 15.6 Å². The Balaban J connectivity index is 1.63. The molecule has 35 heavy (non-hydrogen) atoms. The molecule has 0 spiro atoms. The molecule has 0 aliphatic carbocycles. The number of hydrogen-bond acceptors (Lipinski definition) is 6. The molecule has 0 saturated heterocycles. The van der Waals surface area contributed by atoms with Gasteiger partial charge in [-0.15, -0.1) is 0 Å². The first-order valence-electron chi connectivity index (χ1n) is 10.9. The van der Waals surface area contributed by atoms with E-state index in [4.69, 9.17) is 18.9 Å². The SMILES string of the molecule is C=CCOC(=O)N1c2c(Br)cccc2C2(C(=O)OC)c3cc(OCc4ccccc4)ccc3OC12. The second-order valence-electron chi connectivity index (χ2n) is 8.07. The molecule has 8 heteroatoms. The Morgan fingerprint density at radius 2 is 1.91 bits per heavy atom. The molecule has 0 fully saturated rings. The largest absolute Gasteiger partial charge is 0.489 e. The topological polar surface area (TPSA) is 74.3 Å². The Morgan fingerprint density at radius 3 is 2.66 bits per heavy atom. The number of fused-ring (bicyclic) bond motifs is 5. The molecule has 2 atom stereocenters. The van der Waals surface area contributed by atoms with Gasteiger partial charge in [-0.2, -0.15) is 0 Å². The van der Waals surface area contributed by atoms with Gasteiger partial charge in [-0.25, -0.2) is 9.69 Å². The third kappa shape index (κ3) is 3.56. The molecule has 0 saturated carbocycles. The maximum atomic E-state index is 13.6. The van der Waals surface area contributed by atoms with Gasteiger partial charge in [0.2, 0.25) is 6.23 Å². The summed E-state index contributed by atoms with van der Waals surface area (Å²) >= 11 is 3.53. The summed E-state index contributed by atoms with van der Waals surface area (Å²) in [7, 11) is 1.32. The first kappa shape index (κ1) is 23.0. The molecule has 7 nitrogen and oxygen atoms in total. The van der Waals surface area contributed by atoms with E-state index in [0.29, 0.717) is 39.4 Å². The Kier molecular flexibility index (Phi) is 5.98. The molecule has 0 aromatic heterocycles. The maximum Gasteiger partial charge on any atom is 0.417 e. The van der Waals surface area contributed by atoms with Crippen molar-refractivity contribution in [2.75, 3.05) is 18.6 Å². The molecule has 2 aliphatic heterocycles. The Hall–Kier alpha value is -3.78. The van der Waals surface area contributed by atoms with Crippen LogP contribution in [0.25, 0.3) is 0 Å². The molecule has 0 N–H and O–H groups in total. The van der Waals surface area contributed by atoms with E-state index in [1.807, 2.05) is 30.3 Å². The molecule has 0 radical (unpaired) electrons. The van der Waals surface area contributed by atoms with E-state index in [9.17, 15) is 9.59 Å². The Labute approximate surface area is 211 Å². The predicted octanol–water partition coefficient (Wildman–Crippen LogP) is 5.35. The van der Waals surface area contributed by atoms with Gasteiger partial charge in [0.1, 0.15) is 24.7 Å². The lowest BCUT2D eigenvalue weighted by molar-refractivity contribution is -0.147. The number of rotatable bonds is 6. The van der Waals surface area contributed by atoms with E-state index in [2.05, 4.69) is 22.5 Å². The highest BCUT2D eigenvalue weighted by molar-refractivity contribution is 9.10. The summed E-state index contributed by atoms with van der Waals surface area (Å²) in [6.07, 6.45) is -0.231. The average Bonchev–Trinajstić information content (AvgIpc) is 3.37. The quantitative estimate of drug-likeness (QED) is 0.313. The summed E-state index contributed by atoms with van der Waals surface area (Å²) in [5.74, 6) is 0.462. The van der Waals surface area contributed by atoms with Crippen LogP contribution in [0.1, 0.15) is 16.7 Å². The van der Waals surface area contributed by atoms with Crippen LogP contribution in [-0.4, -0.2) is 32.0 Å². The van der Waals surface area contributed by atoms with Crippen molar-refractivity contribution < 1.29 is 28.5 Å². The average molecular weight is 536 g/mol. The van der Waals surface area contributed by atoms with Crippen molar-refractivity contribution in [3.63, 3.8) is 0 Å². The summed E-state index contributed by atoms with van der Waals surface area (Å²) in [4.78, 5) is 28.1. The molecule has 2 aliphatic rings. The number of methoxy groups -OCH3 is 1. The number of para-hydroxylation sites is 1. The molecule has 2 heterocycles. The van der Waals surface area contributed by atoms with Crippen molar-refractivity contribution in [1.29, 1.82) is 0 Å². The van der Waals surface area contributed by atoms with Crippen LogP contribution >= 0.6 is 15.9 Å². The molecule has 3 aromatic carbocycles. The summed E-state index contributed by atoms with van der Waals surface area (Å²) in [6, 6.07) is 20.4. The second kappa shape index (κ2) is 9.11. The standard InChI is InChI=1S/C27H22BrNO6/c1-3-14-33-26(31)29-23-19(10-7-11-21(23)28)27(25(30)32-2)20-15-18(12-13-22(20)35-24(27)29)34-16-17-8-5-4-6-9-17/h3-13,15,24H,1,14,16H2,2H3. The van der Waals surface area contributed by atoms with Gasteiger partial charge in [0.25, 0.3) is 0 Å². The van der Waals surface area contributed by atoms with Crippen molar-refractivity contribution >= 4 is 33.7 Å². The number of carbonyl (C=O) groups excluding carboxylic acids is 2. The van der Waals surface area contributed by atoms with Crippen LogP contribution in [0.2, 0.25) is 0 Å². The van der Waals surface area contributed by atoms with Crippen molar-refractivity contribution in [1.82, 2.24) is 0 Å². The van der Waals surface area contributed by atoms with Crippen molar-refractivity contribution in [3.05, 3.63) is 101 Å². The van der Waals surface area contributed by atoms with Gasteiger partial charge in [0.05, 0.1) is 12.8 Å². The molecular weight excluding hydrogens is 514 g/mol. The minimum Gasteiger partial charge on any atom is -0.489 e. The lowest BCUT2D eigenvalue weighted by Gasteiger charge is -2.28. The molecular formula is C27H22BrNO6. The third-order valence-electron chi connectivity index (χ3n) is 6.15.